The molecule has 1 aromatic heterocycles. The van der Waals surface area contributed by atoms with Gasteiger partial charge in [0, 0.05) is 5.56 Å². The summed E-state index contributed by atoms with van der Waals surface area (Å²) in [6.45, 7) is 1.74. The monoisotopic (exact) mass is 296 g/mol. The van der Waals surface area contributed by atoms with Gasteiger partial charge in [0.15, 0.2) is 0 Å². The second kappa shape index (κ2) is 5.77. The summed E-state index contributed by atoms with van der Waals surface area (Å²) in [6.07, 6.45) is 1.57. The van der Waals surface area contributed by atoms with Crippen LogP contribution in [0.25, 0.3) is 11.0 Å². The van der Waals surface area contributed by atoms with Crippen LogP contribution < -0.4 is 5.43 Å². The van der Waals surface area contributed by atoms with Crippen molar-refractivity contribution in [2.75, 3.05) is 0 Å². The lowest BCUT2D eigenvalue weighted by molar-refractivity contribution is 0.0955. The molecule has 110 valence electrons. The van der Waals surface area contributed by atoms with Gasteiger partial charge in [-0.3, -0.25) is 4.79 Å². The minimum absolute atomic E-state index is 0.312. The predicted octanol–water partition coefficient (Wildman–Crippen LogP) is 2.86. The van der Waals surface area contributed by atoms with Crippen LogP contribution in [0, 0.1) is 5.82 Å². The van der Waals surface area contributed by atoms with Gasteiger partial charge in [0.1, 0.15) is 5.82 Å². The number of hydrogen-bond donors (Lipinski definition) is 2. The smallest absolute Gasteiger partial charge is 0.271 e. The fourth-order valence-electron chi connectivity index (χ4n) is 2.03. The molecule has 0 saturated heterocycles. The zero-order chi connectivity index (χ0) is 15.5. The lowest BCUT2D eigenvalue weighted by Crippen LogP contribution is -2.19. The predicted molar refractivity (Wildman–Crippen MR) is 82.2 cm³/mol. The van der Waals surface area contributed by atoms with E-state index < -0.39 is 0 Å². The zero-order valence-electron chi connectivity index (χ0n) is 11.8. The molecule has 0 saturated carbocycles. The van der Waals surface area contributed by atoms with Crippen LogP contribution in [0.5, 0.6) is 0 Å². The number of nitrogens with zero attached hydrogens (tertiary/aromatic N) is 2. The number of fused-ring (bicyclic) bond motifs is 1. The number of nitrogens with one attached hydrogen (secondary N) is 2. The van der Waals surface area contributed by atoms with E-state index in [0.717, 1.165) is 16.6 Å². The molecule has 0 radical (unpaired) electrons. The van der Waals surface area contributed by atoms with E-state index in [0.29, 0.717) is 11.3 Å². The Morgan fingerprint density at radius 1 is 1.18 bits per heavy atom. The molecule has 6 heteroatoms. The van der Waals surface area contributed by atoms with Crippen molar-refractivity contribution < 1.29 is 9.18 Å². The topological polar surface area (TPSA) is 70.1 Å². The van der Waals surface area contributed by atoms with Gasteiger partial charge in [0.2, 0.25) is 0 Å². The Labute approximate surface area is 125 Å². The van der Waals surface area contributed by atoms with Gasteiger partial charge < -0.3 is 4.98 Å². The molecule has 0 aliphatic heterocycles. The van der Waals surface area contributed by atoms with Gasteiger partial charge in [-0.25, -0.2) is 14.8 Å². The molecule has 2 N–H and O–H groups in total. The molecule has 0 fully saturated rings. The molecule has 22 heavy (non-hydrogen) atoms. The van der Waals surface area contributed by atoms with Crippen molar-refractivity contribution in [1.82, 2.24) is 15.4 Å². The Hall–Kier alpha value is -3.02. The van der Waals surface area contributed by atoms with Gasteiger partial charge >= 0.3 is 0 Å². The van der Waals surface area contributed by atoms with Crippen LogP contribution in [0.15, 0.2) is 53.9 Å². The Bertz CT molecular complexity index is 852. The number of rotatable bonds is 3. The largest absolute Gasteiger partial charge is 0.345 e. The standard InChI is InChI=1S/C16H13FN4O/c1-10(11-2-5-13(17)6-3-11)20-21-16(22)12-4-7-14-15(8-12)19-9-18-14/h2-9H,1H3,(H,18,19)(H,21,22). The van der Waals surface area contributed by atoms with Gasteiger partial charge in [-0.1, -0.05) is 12.1 Å². The van der Waals surface area contributed by atoms with Crippen LogP contribution in [-0.2, 0) is 0 Å². The van der Waals surface area contributed by atoms with E-state index in [9.17, 15) is 9.18 Å². The van der Waals surface area contributed by atoms with Crippen LogP contribution in [0.4, 0.5) is 4.39 Å². The van der Waals surface area contributed by atoms with E-state index in [1.54, 1.807) is 43.6 Å². The Morgan fingerprint density at radius 3 is 2.68 bits per heavy atom. The van der Waals surface area contributed by atoms with Crippen LogP contribution in [0.1, 0.15) is 22.8 Å². The summed E-state index contributed by atoms with van der Waals surface area (Å²) in [6, 6.07) is 11.1. The number of H-pyrrole nitrogens is 1. The van der Waals surface area contributed by atoms with Crippen molar-refractivity contribution in [3.05, 3.63) is 65.7 Å². The molecule has 3 rings (SSSR count). The average molecular weight is 296 g/mol. The number of hydrogen-bond acceptors (Lipinski definition) is 3. The molecule has 0 spiro atoms. The molecule has 1 amide bonds. The lowest BCUT2D eigenvalue weighted by Gasteiger charge is -2.03. The number of aromatic amines is 1. The third kappa shape index (κ3) is 2.85. The number of imidazole rings is 1. The molecule has 1 heterocycles. The first-order valence-electron chi connectivity index (χ1n) is 6.67. The van der Waals surface area contributed by atoms with E-state index >= 15 is 0 Å². The third-order valence-electron chi connectivity index (χ3n) is 3.27. The van der Waals surface area contributed by atoms with Crippen molar-refractivity contribution in [3.8, 4) is 0 Å². The van der Waals surface area contributed by atoms with Crippen molar-refractivity contribution in [1.29, 1.82) is 0 Å². The van der Waals surface area contributed by atoms with Crippen LogP contribution >= 0.6 is 0 Å². The van der Waals surface area contributed by atoms with Gasteiger partial charge in [0.05, 0.1) is 23.1 Å². The fraction of sp³-hybridized carbons (Fsp3) is 0.0625. The first-order chi connectivity index (χ1) is 10.6. The average Bonchev–Trinajstić information content (AvgIpc) is 3.00. The minimum Gasteiger partial charge on any atom is -0.345 e. The number of aromatic nitrogens is 2. The highest BCUT2D eigenvalue weighted by Gasteiger charge is 2.07. The van der Waals surface area contributed by atoms with Crippen molar-refractivity contribution in [2.45, 2.75) is 6.92 Å². The SMILES string of the molecule is CC(=NNC(=O)c1ccc2nc[nH]c2c1)c1ccc(F)cc1. The summed E-state index contributed by atoms with van der Waals surface area (Å²) < 4.78 is 12.9. The number of carbonyl (C=O) groups excluding carboxylic acids is 1. The van der Waals surface area contributed by atoms with Crippen LogP contribution in [-0.4, -0.2) is 21.6 Å². The number of benzene rings is 2. The van der Waals surface area contributed by atoms with Gasteiger partial charge in [-0.15, -0.1) is 0 Å². The minimum atomic E-state index is -0.321. The summed E-state index contributed by atoms with van der Waals surface area (Å²) >= 11 is 0. The van der Waals surface area contributed by atoms with Crippen LogP contribution in [0.3, 0.4) is 0 Å². The quantitative estimate of drug-likeness (QED) is 0.576. The summed E-state index contributed by atoms with van der Waals surface area (Å²) in [7, 11) is 0. The number of amides is 1. The normalized spacial score (nSPS) is 11.6. The second-order valence-electron chi connectivity index (χ2n) is 4.78. The van der Waals surface area contributed by atoms with E-state index in [1.807, 2.05) is 0 Å². The molecule has 0 unspecified atom stereocenters. The fourth-order valence-corrected chi connectivity index (χ4v) is 2.03. The van der Waals surface area contributed by atoms with Gasteiger partial charge in [0.25, 0.3) is 5.91 Å². The highest BCUT2D eigenvalue weighted by atomic mass is 19.1. The van der Waals surface area contributed by atoms with Crippen LogP contribution in [0.2, 0.25) is 0 Å². The number of hydrazone groups is 1. The highest BCUT2D eigenvalue weighted by Crippen LogP contribution is 2.11. The Morgan fingerprint density at radius 2 is 1.91 bits per heavy atom. The molecular formula is C16H13FN4O. The Kier molecular flexibility index (Phi) is 3.65. The molecule has 2 aromatic carbocycles. The number of halogens is 1. The number of carbonyl (C=O) groups is 1. The molecule has 0 aliphatic carbocycles. The van der Waals surface area contributed by atoms with E-state index in [4.69, 9.17) is 0 Å². The van der Waals surface area contributed by atoms with E-state index in [-0.39, 0.29) is 11.7 Å². The van der Waals surface area contributed by atoms with Crippen molar-refractivity contribution >= 4 is 22.7 Å². The maximum absolute atomic E-state index is 12.9. The third-order valence-corrected chi connectivity index (χ3v) is 3.27. The summed E-state index contributed by atoms with van der Waals surface area (Å²) in [5.74, 6) is -0.633. The molecule has 3 aromatic rings. The Balaban J connectivity index is 1.75. The summed E-state index contributed by atoms with van der Waals surface area (Å²) in [5.41, 5.74) is 5.88. The maximum Gasteiger partial charge on any atom is 0.271 e. The first kappa shape index (κ1) is 13.9. The summed E-state index contributed by atoms with van der Waals surface area (Å²) in [5, 5.41) is 4.04. The molecular weight excluding hydrogens is 283 g/mol. The van der Waals surface area contributed by atoms with E-state index in [2.05, 4.69) is 20.5 Å². The maximum atomic E-state index is 12.9. The molecule has 0 atom stereocenters. The molecule has 5 nitrogen and oxygen atoms in total. The zero-order valence-corrected chi connectivity index (χ0v) is 11.8. The summed E-state index contributed by atoms with van der Waals surface area (Å²) in [4.78, 5) is 19.1. The lowest BCUT2D eigenvalue weighted by atomic mass is 10.1. The van der Waals surface area contributed by atoms with Crippen molar-refractivity contribution in [2.24, 2.45) is 5.10 Å². The highest BCUT2D eigenvalue weighted by molar-refractivity contribution is 6.01. The molecule has 0 bridgehead atoms. The molecule has 0 aliphatic rings. The first-order valence-corrected chi connectivity index (χ1v) is 6.67. The van der Waals surface area contributed by atoms with Gasteiger partial charge in [-0.05, 0) is 42.8 Å². The van der Waals surface area contributed by atoms with Gasteiger partial charge in [-0.2, -0.15) is 5.10 Å². The van der Waals surface area contributed by atoms with E-state index in [1.165, 1.54) is 12.1 Å². The second-order valence-corrected chi connectivity index (χ2v) is 4.78. The van der Waals surface area contributed by atoms with Crippen molar-refractivity contribution in [3.63, 3.8) is 0 Å².